The molecular weight excluding hydrogens is 320 g/mol. The number of pyridine rings is 1. The molecule has 0 spiro atoms. The van der Waals surface area contributed by atoms with Crippen LogP contribution in [0.15, 0.2) is 76.6 Å². The molecule has 1 aromatic heterocycles. The zero-order valence-corrected chi connectivity index (χ0v) is 14.0. The minimum atomic E-state index is -0.154. The SMILES string of the molecule is CC(=O)Nc1cccc(-n2cc(-c3cccc(S)c3)ccc2=O)c1. The number of nitrogens with one attached hydrogen (secondary N) is 1. The molecule has 0 radical (unpaired) electrons. The van der Waals surface area contributed by atoms with Crippen molar-refractivity contribution in [2.24, 2.45) is 0 Å². The molecule has 0 atom stereocenters. The Kier molecular flexibility index (Phi) is 4.53. The summed E-state index contributed by atoms with van der Waals surface area (Å²) in [6, 6.07) is 18.2. The van der Waals surface area contributed by atoms with Crippen molar-refractivity contribution < 1.29 is 4.79 Å². The van der Waals surface area contributed by atoms with Gasteiger partial charge < -0.3 is 5.32 Å². The second kappa shape index (κ2) is 6.76. The predicted octanol–water partition coefficient (Wildman–Crippen LogP) is 3.75. The highest BCUT2D eigenvalue weighted by atomic mass is 32.1. The molecule has 24 heavy (non-hydrogen) atoms. The van der Waals surface area contributed by atoms with Gasteiger partial charge >= 0.3 is 0 Å². The second-order valence-electron chi connectivity index (χ2n) is 5.41. The van der Waals surface area contributed by atoms with E-state index in [4.69, 9.17) is 0 Å². The van der Waals surface area contributed by atoms with Crippen molar-refractivity contribution in [2.45, 2.75) is 11.8 Å². The first kappa shape index (κ1) is 16.1. The number of amides is 1. The molecule has 0 unspecified atom stereocenters. The van der Waals surface area contributed by atoms with Gasteiger partial charge in [0.25, 0.3) is 5.56 Å². The molecule has 1 N–H and O–H groups in total. The van der Waals surface area contributed by atoms with Crippen LogP contribution in [0, 0.1) is 0 Å². The topological polar surface area (TPSA) is 51.1 Å². The second-order valence-corrected chi connectivity index (χ2v) is 5.92. The fourth-order valence-corrected chi connectivity index (χ4v) is 2.71. The van der Waals surface area contributed by atoms with Gasteiger partial charge in [-0.05, 0) is 47.5 Å². The molecule has 120 valence electrons. The molecule has 0 aliphatic carbocycles. The number of thiol groups is 1. The van der Waals surface area contributed by atoms with Crippen LogP contribution in [0.1, 0.15) is 6.92 Å². The summed E-state index contributed by atoms with van der Waals surface area (Å²) in [4.78, 5) is 24.3. The standard InChI is InChI=1S/C19H16N2O2S/c1-13(22)20-16-5-3-6-17(11-16)21-12-15(8-9-19(21)23)14-4-2-7-18(24)10-14/h2-12,24H,1H3,(H,20,22). The first-order valence-electron chi connectivity index (χ1n) is 7.43. The van der Waals surface area contributed by atoms with Crippen molar-refractivity contribution >= 4 is 24.2 Å². The summed E-state index contributed by atoms with van der Waals surface area (Å²) in [6.07, 6.45) is 1.79. The molecule has 1 amide bonds. The molecule has 3 aromatic rings. The third-order valence-electron chi connectivity index (χ3n) is 3.54. The van der Waals surface area contributed by atoms with E-state index >= 15 is 0 Å². The fraction of sp³-hybridized carbons (Fsp3) is 0.0526. The molecule has 0 aliphatic heterocycles. The highest BCUT2D eigenvalue weighted by Gasteiger charge is 2.05. The molecule has 0 aliphatic rings. The maximum Gasteiger partial charge on any atom is 0.255 e. The van der Waals surface area contributed by atoms with Gasteiger partial charge in [-0.1, -0.05) is 18.2 Å². The Bertz CT molecular complexity index is 963. The van der Waals surface area contributed by atoms with E-state index in [2.05, 4.69) is 17.9 Å². The van der Waals surface area contributed by atoms with Crippen molar-refractivity contribution in [3.8, 4) is 16.8 Å². The Morgan fingerprint density at radius 2 is 1.79 bits per heavy atom. The summed E-state index contributed by atoms with van der Waals surface area (Å²) in [6.45, 7) is 1.45. The number of nitrogens with zero attached hydrogens (tertiary/aromatic N) is 1. The van der Waals surface area contributed by atoms with Crippen LogP contribution in [0.5, 0.6) is 0 Å². The average molecular weight is 336 g/mol. The molecule has 2 aromatic carbocycles. The lowest BCUT2D eigenvalue weighted by molar-refractivity contribution is -0.114. The monoisotopic (exact) mass is 336 g/mol. The number of anilines is 1. The van der Waals surface area contributed by atoms with Gasteiger partial charge in [0.15, 0.2) is 0 Å². The minimum absolute atomic E-state index is 0.138. The number of rotatable bonds is 3. The van der Waals surface area contributed by atoms with Gasteiger partial charge in [-0.25, -0.2) is 0 Å². The zero-order chi connectivity index (χ0) is 17.1. The smallest absolute Gasteiger partial charge is 0.255 e. The van der Waals surface area contributed by atoms with Crippen molar-refractivity contribution in [3.63, 3.8) is 0 Å². The van der Waals surface area contributed by atoms with Gasteiger partial charge in [0.1, 0.15) is 0 Å². The van der Waals surface area contributed by atoms with Crippen molar-refractivity contribution in [1.82, 2.24) is 4.57 Å². The van der Waals surface area contributed by atoms with Crippen LogP contribution in [-0.4, -0.2) is 10.5 Å². The van der Waals surface area contributed by atoms with E-state index in [1.54, 1.807) is 35.0 Å². The summed E-state index contributed by atoms with van der Waals surface area (Å²) in [5.74, 6) is -0.154. The van der Waals surface area contributed by atoms with Gasteiger partial charge in [-0.3, -0.25) is 14.2 Å². The highest BCUT2D eigenvalue weighted by Crippen LogP contribution is 2.22. The van der Waals surface area contributed by atoms with Gasteiger partial charge in [-0.2, -0.15) is 0 Å². The number of hydrogen-bond donors (Lipinski definition) is 2. The van der Waals surface area contributed by atoms with Crippen molar-refractivity contribution in [2.75, 3.05) is 5.32 Å². The normalized spacial score (nSPS) is 10.4. The van der Waals surface area contributed by atoms with Crippen LogP contribution >= 0.6 is 12.6 Å². The summed E-state index contributed by atoms with van der Waals surface area (Å²) >= 11 is 4.36. The molecule has 3 rings (SSSR count). The van der Waals surface area contributed by atoms with Crippen LogP contribution in [0.25, 0.3) is 16.8 Å². The Morgan fingerprint density at radius 1 is 1.00 bits per heavy atom. The Hall–Kier alpha value is -2.79. The fourth-order valence-electron chi connectivity index (χ4n) is 2.48. The number of hydrogen-bond acceptors (Lipinski definition) is 3. The third kappa shape index (κ3) is 3.58. The van der Waals surface area contributed by atoms with E-state index in [0.29, 0.717) is 11.4 Å². The first-order valence-corrected chi connectivity index (χ1v) is 7.88. The van der Waals surface area contributed by atoms with E-state index in [0.717, 1.165) is 16.0 Å². The van der Waals surface area contributed by atoms with Crippen LogP contribution in [0.2, 0.25) is 0 Å². The highest BCUT2D eigenvalue weighted by molar-refractivity contribution is 7.80. The van der Waals surface area contributed by atoms with Crippen LogP contribution in [0.4, 0.5) is 5.69 Å². The van der Waals surface area contributed by atoms with E-state index in [1.165, 1.54) is 13.0 Å². The van der Waals surface area contributed by atoms with E-state index in [-0.39, 0.29) is 11.5 Å². The first-order chi connectivity index (χ1) is 11.5. The van der Waals surface area contributed by atoms with E-state index in [1.807, 2.05) is 30.3 Å². The van der Waals surface area contributed by atoms with Gasteiger partial charge in [0.2, 0.25) is 5.91 Å². The molecular formula is C19H16N2O2S. The lowest BCUT2D eigenvalue weighted by atomic mass is 10.1. The Balaban J connectivity index is 2.07. The minimum Gasteiger partial charge on any atom is -0.326 e. The number of carbonyl (C=O) groups is 1. The quantitative estimate of drug-likeness (QED) is 0.716. The summed E-state index contributed by atoms with van der Waals surface area (Å²) in [5, 5.41) is 2.72. The van der Waals surface area contributed by atoms with Crippen LogP contribution in [-0.2, 0) is 4.79 Å². The molecule has 0 fully saturated rings. The van der Waals surface area contributed by atoms with Gasteiger partial charge in [-0.15, -0.1) is 12.6 Å². The molecule has 5 heteroatoms. The van der Waals surface area contributed by atoms with E-state index in [9.17, 15) is 9.59 Å². The molecule has 0 saturated carbocycles. The maximum absolute atomic E-state index is 12.3. The van der Waals surface area contributed by atoms with Crippen LogP contribution in [0.3, 0.4) is 0 Å². The molecule has 1 heterocycles. The maximum atomic E-state index is 12.3. The van der Waals surface area contributed by atoms with E-state index < -0.39 is 0 Å². The summed E-state index contributed by atoms with van der Waals surface area (Å²) < 4.78 is 1.56. The number of aromatic nitrogens is 1. The molecule has 0 bridgehead atoms. The van der Waals surface area contributed by atoms with Crippen molar-refractivity contribution in [3.05, 3.63) is 77.2 Å². The lowest BCUT2D eigenvalue weighted by Crippen LogP contribution is -2.16. The van der Waals surface area contributed by atoms with Gasteiger partial charge in [0, 0.05) is 29.8 Å². The summed E-state index contributed by atoms with van der Waals surface area (Å²) in [7, 11) is 0. The summed E-state index contributed by atoms with van der Waals surface area (Å²) in [5.41, 5.74) is 3.09. The largest absolute Gasteiger partial charge is 0.326 e. The Morgan fingerprint density at radius 3 is 2.54 bits per heavy atom. The molecule has 0 saturated heterocycles. The molecule has 4 nitrogen and oxygen atoms in total. The lowest BCUT2D eigenvalue weighted by Gasteiger charge is -2.11. The van der Waals surface area contributed by atoms with Gasteiger partial charge in [0.05, 0.1) is 5.69 Å². The average Bonchev–Trinajstić information content (AvgIpc) is 2.55. The predicted molar refractivity (Wildman–Crippen MR) is 99.0 cm³/mol. The third-order valence-corrected chi connectivity index (χ3v) is 3.81. The number of carbonyl (C=O) groups excluding carboxylic acids is 1. The van der Waals surface area contributed by atoms with Crippen LogP contribution < -0.4 is 10.9 Å². The van der Waals surface area contributed by atoms with Crippen molar-refractivity contribution in [1.29, 1.82) is 0 Å². The Labute approximate surface area is 145 Å². The number of benzene rings is 2. The zero-order valence-electron chi connectivity index (χ0n) is 13.1.